The quantitative estimate of drug-likeness (QED) is 0.547. The number of fused-ring (bicyclic) bond motifs is 1. The van der Waals surface area contributed by atoms with Gasteiger partial charge in [0.1, 0.15) is 12.0 Å². The third-order valence-corrected chi connectivity index (χ3v) is 11.4. The summed E-state index contributed by atoms with van der Waals surface area (Å²) in [7, 11) is 0. The smallest absolute Gasteiger partial charge is 0.150 e. The lowest BCUT2D eigenvalue weighted by atomic mass is 9.69. The highest BCUT2D eigenvalue weighted by Crippen LogP contribution is 2.64. The van der Waals surface area contributed by atoms with Gasteiger partial charge in [-0.2, -0.15) is 0 Å². The van der Waals surface area contributed by atoms with Crippen molar-refractivity contribution in [3.05, 3.63) is 35.4 Å². The molecule has 172 valence electrons. The van der Waals surface area contributed by atoms with Gasteiger partial charge in [0.15, 0.2) is 0 Å². The van der Waals surface area contributed by atoms with Crippen LogP contribution in [0.3, 0.4) is 0 Å². The molecule has 7 rings (SSSR count). The van der Waals surface area contributed by atoms with Crippen molar-refractivity contribution in [2.24, 2.45) is 29.1 Å². The SMILES string of the molecule is C[C@H](c1ccc(C=O)cc1)[C@H]1C[C@@H]([C@H]2C[C@@H]3CC[C@H]4CCC[C@@]45CC[C@@H]3[C@H]5N2)[C@@]2(O)CN12. The van der Waals surface area contributed by atoms with Gasteiger partial charge in [0.2, 0.25) is 0 Å². The van der Waals surface area contributed by atoms with Crippen LogP contribution >= 0.6 is 0 Å². The highest BCUT2D eigenvalue weighted by Gasteiger charge is 2.69. The highest BCUT2D eigenvalue weighted by atomic mass is 16.3. The van der Waals surface area contributed by atoms with E-state index in [1.165, 1.54) is 56.9 Å². The molecule has 1 aromatic carbocycles. The largest absolute Gasteiger partial charge is 0.374 e. The standard InChI is InChI=1S/C28H38N2O2/c1-17(19-6-4-18(15-31)5-7-19)25-14-23(28(32)16-30(25)28)24-13-20-8-9-21-3-2-11-27(21)12-10-22(20)26(27)29-24/h4-7,15,17,20-26,29,32H,2-3,8-14,16H2,1H3/t17-,20+,21-,22+,23+,24-,25-,26-,27-,28+,30?/m1/s1. The van der Waals surface area contributed by atoms with Crippen LogP contribution in [-0.2, 0) is 0 Å². The van der Waals surface area contributed by atoms with Crippen LogP contribution in [0.15, 0.2) is 24.3 Å². The van der Waals surface area contributed by atoms with Crippen molar-refractivity contribution in [3.63, 3.8) is 0 Å². The maximum absolute atomic E-state index is 11.6. The number of aldehydes is 1. The maximum atomic E-state index is 11.6. The molecule has 6 aliphatic rings. The second-order valence-corrected chi connectivity index (χ2v) is 12.3. The predicted molar refractivity (Wildman–Crippen MR) is 124 cm³/mol. The van der Waals surface area contributed by atoms with Crippen LogP contribution in [0.2, 0.25) is 0 Å². The van der Waals surface area contributed by atoms with Crippen molar-refractivity contribution in [2.45, 2.75) is 94.5 Å². The number of hydrogen-bond donors (Lipinski definition) is 2. The van der Waals surface area contributed by atoms with E-state index in [0.29, 0.717) is 35.4 Å². The zero-order valence-corrected chi connectivity index (χ0v) is 19.4. The highest BCUT2D eigenvalue weighted by molar-refractivity contribution is 5.74. The first-order valence-electron chi connectivity index (χ1n) is 13.3. The molecule has 3 saturated heterocycles. The Labute approximate surface area is 192 Å². The zero-order chi connectivity index (χ0) is 21.7. The summed E-state index contributed by atoms with van der Waals surface area (Å²) in [6.07, 6.45) is 13.4. The molecule has 11 atom stereocenters. The van der Waals surface area contributed by atoms with Crippen LogP contribution in [0.1, 0.15) is 86.6 Å². The summed E-state index contributed by atoms with van der Waals surface area (Å²) in [6, 6.07) is 9.65. The number of benzene rings is 1. The number of nitrogens with one attached hydrogen (secondary N) is 1. The third-order valence-electron chi connectivity index (χ3n) is 11.4. The first kappa shape index (κ1) is 20.2. The molecule has 3 aliphatic heterocycles. The number of carbonyl (C=O) groups is 1. The Kier molecular flexibility index (Phi) is 4.35. The van der Waals surface area contributed by atoms with E-state index in [-0.39, 0.29) is 0 Å². The van der Waals surface area contributed by atoms with Gasteiger partial charge in [-0.05, 0) is 86.0 Å². The number of rotatable bonds is 4. The molecule has 4 heteroatoms. The molecule has 4 bridgehead atoms. The van der Waals surface area contributed by atoms with Crippen molar-refractivity contribution in [3.8, 4) is 0 Å². The first-order chi connectivity index (χ1) is 15.5. The summed E-state index contributed by atoms with van der Waals surface area (Å²) in [6.45, 7) is 3.14. The minimum Gasteiger partial charge on any atom is -0.374 e. The minimum atomic E-state index is -0.592. The molecule has 0 amide bonds. The van der Waals surface area contributed by atoms with E-state index in [9.17, 15) is 9.90 Å². The summed E-state index contributed by atoms with van der Waals surface area (Å²) in [5, 5.41) is 15.9. The summed E-state index contributed by atoms with van der Waals surface area (Å²) in [4.78, 5) is 13.4. The topological polar surface area (TPSA) is 52.3 Å². The van der Waals surface area contributed by atoms with E-state index in [1.54, 1.807) is 0 Å². The molecule has 3 aliphatic carbocycles. The molecule has 32 heavy (non-hydrogen) atoms. The number of carbonyl (C=O) groups excluding carboxylic acids is 1. The van der Waals surface area contributed by atoms with E-state index >= 15 is 0 Å². The normalized spacial score (nSPS) is 51.6. The molecule has 0 radical (unpaired) electrons. The Hall–Kier alpha value is -1.23. The van der Waals surface area contributed by atoms with Gasteiger partial charge in [-0.15, -0.1) is 0 Å². The Bertz CT molecular complexity index is 917. The lowest BCUT2D eigenvalue weighted by Crippen LogP contribution is -2.58. The van der Waals surface area contributed by atoms with Gasteiger partial charge in [-0.3, -0.25) is 9.69 Å². The molecular formula is C28H38N2O2. The van der Waals surface area contributed by atoms with Crippen LogP contribution < -0.4 is 5.32 Å². The zero-order valence-electron chi connectivity index (χ0n) is 19.4. The van der Waals surface area contributed by atoms with Crippen LogP contribution in [0.5, 0.6) is 0 Å². The number of piperidine rings is 2. The first-order valence-corrected chi connectivity index (χ1v) is 13.3. The molecule has 1 aromatic rings. The molecule has 1 spiro atoms. The maximum Gasteiger partial charge on any atom is 0.150 e. The molecule has 3 saturated carbocycles. The van der Waals surface area contributed by atoms with E-state index in [0.717, 1.165) is 42.6 Å². The van der Waals surface area contributed by atoms with Crippen molar-refractivity contribution >= 4 is 6.29 Å². The van der Waals surface area contributed by atoms with Crippen molar-refractivity contribution < 1.29 is 9.90 Å². The molecule has 1 unspecified atom stereocenters. The number of nitrogens with zero attached hydrogens (tertiary/aromatic N) is 1. The van der Waals surface area contributed by atoms with Crippen molar-refractivity contribution in [2.75, 3.05) is 6.54 Å². The van der Waals surface area contributed by atoms with Gasteiger partial charge >= 0.3 is 0 Å². The van der Waals surface area contributed by atoms with E-state index < -0.39 is 5.72 Å². The van der Waals surface area contributed by atoms with Gasteiger partial charge in [-0.1, -0.05) is 37.6 Å². The molecule has 3 heterocycles. The van der Waals surface area contributed by atoms with Crippen molar-refractivity contribution in [1.82, 2.24) is 10.2 Å². The van der Waals surface area contributed by atoms with E-state index in [1.807, 2.05) is 12.1 Å². The van der Waals surface area contributed by atoms with Crippen LogP contribution in [0, 0.1) is 29.1 Å². The summed E-state index contributed by atoms with van der Waals surface area (Å²) < 4.78 is 0. The molecule has 2 N–H and O–H groups in total. The monoisotopic (exact) mass is 434 g/mol. The van der Waals surface area contributed by atoms with Crippen LogP contribution in [-0.4, -0.2) is 46.7 Å². The van der Waals surface area contributed by atoms with Gasteiger partial charge in [0.25, 0.3) is 0 Å². The lowest BCUT2D eigenvalue weighted by Gasteiger charge is -2.47. The fourth-order valence-corrected chi connectivity index (χ4v) is 9.74. The molecule has 4 nitrogen and oxygen atoms in total. The fraction of sp³-hybridized carbons (Fsp3) is 0.750. The molecule has 6 fully saturated rings. The average Bonchev–Trinajstić information content (AvgIpc) is 3.11. The average molecular weight is 435 g/mol. The second-order valence-electron chi connectivity index (χ2n) is 12.3. The summed E-state index contributed by atoms with van der Waals surface area (Å²) in [5.41, 5.74) is 2.01. The van der Waals surface area contributed by atoms with Crippen molar-refractivity contribution in [1.29, 1.82) is 0 Å². The van der Waals surface area contributed by atoms with E-state index in [4.69, 9.17) is 0 Å². The lowest BCUT2D eigenvalue weighted by molar-refractivity contribution is 0.0126. The van der Waals surface area contributed by atoms with Crippen LogP contribution in [0.25, 0.3) is 0 Å². The van der Waals surface area contributed by atoms with Crippen LogP contribution in [0.4, 0.5) is 0 Å². The Morgan fingerprint density at radius 1 is 1.12 bits per heavy atom. The molecule has 0 aromatic heterocycles. The Morgan fingerprint density at radius 3 is 2.78 bits per heavy atom. The molecular weight excluding hydrogens is 396 g/mol. The van der Waals surface area contributed by atoms with Gasteiger partial charge in [-0.25, -0.2) is 0 Å². The van der Waals surface area contributed by atoms with E-state index in [2.05, 4.69) is 29.3 Å². The second kappa shape index (κ2) is 6.90. The summed E-state index contributed by atoms with van der Waals surface area (Å²) in [5.74, 6) is 3.45. The summed E-state index contributed by atoms with van der Waals surface area (Å²) >= 11 is 0. The fourth-order valence-electron chi connectivity index (χ4n) is 9.74. The third kappa shape index (κ3) is 2.63. The van der Waals surface area contributed by atoms with Gasteiger partial charge < -0.3 is 10.4 Å². The number of aliphatic hydroxyl groups is 1. The van der Waals surface area contributed by atoms with Gasteiger partial charge in [0, 0.05) is 36.2 Å². The Morgan fingerprint density at radius 2 is 1.97 bits per heavy atom. The van der Waals surface area contributed by atoms with Gasteiger partial charge in [0.05, 0.1) is 0 Å². The Balaban J connectivity index is 1.14. The minimum absolute atomic E-state index is 0.350. The number of hydrogen-bond acceptors (Lipinski definition) is 4. The predicted octanol–water partition coefficient (Wildman–Crippen LogP) is 4.33.